The van der Waals surface area contributed by atoms with Gasteiger partial charge in [0.05, 0.1) is 10.7 Å². The van der Waals surface area contributed by atoms with E-state index in [1.165, 1.54) is 0 Å². The summed E-state index contributed by atoms with van der Waals surface area (Å²) in [7, 11) is 3.49. The second kappa shape index (κ2) is 10.7. The molecule has 0 radical (unpaired) electrons. The van der Waals surface area contributed by atoms with Crippen LogP contribution >= 0.6 is 35.6 Å². The van der Waals surface area contributed by atoms with Crippen molar-refractivity contribution in [1.29, 1.82) is 0 Å². The van der Waals surface area contributed by atoms with Gasteiger partial charge in [0, 0.05) is 46.8 Å². The number of carbonyl (C=O) groups excluding carboxylic acids is 1. The highest BCUT2D eigenvalue weighted by atomic mass is 127. The van der Waals surface area contributed by atoms with Gasteiger partial charge in [-0.25, -0.2) is 4.99 Å². The number of benzene rings is 1. The molecule has 6 nitrogen and oxygen atoms in total. The molecule has 0 aromatic heterocycles. The van der Waals surface area contributed by atoms with Crippen molar-refractivity contribution in [2.75, 3.05) is 58.3 Å². The third-order valence-corrected chi connectivity index (χ3v) is 4.29. The van der Waals surface area contributed by atoms with E-state index in [9.17, 15) is 4.79 Å². The molecule has 1 heterocycles. The summed E-state index contributed by atoms with van der Waals surface area (Å²) in [6.07, 6.45) is 0. The van der Waals surface area contributed by atoms with Gasteiger partial charge in [0.1, 0.15) is 6.54 Å². The van der Waals surface area contributed by atoms with Gasteiger partial charge in [-0.05, 0) is 19.1 Å². The van der Waals surface area contributed by atoms with E-state index >= 15 is 0 Å². The molecule has 0 spiro atoms. The van der Waals surface area contributed by atoms with Gasteiger partial charge in [0.15, 0.2) is 5.96 Å². The maximum Gasteiger partial charge on any atom is 0.243 e. The van der Waals surface area contributed by atoms with Crippen LogP contribution in [0.1, 0.15) is 6.92 Å². The highest BCUT2D eigenvalue weighted by molar-refractivity contribution is 14.0. The van der Waals surface area contributed by atoms with Crippen molar-refractivity contribution in [1.82, 2.24) is 15.1 Å². The number of piperazine rings is 1. The van der Waals surface area contributed by atoms with E-state index < -0.39 is 0 Å². The molecule has 1 aliphatic rings. The minimum atomic E-state index is 0. The summed E-state index contributed by atoms with van der Waals surface area (Å²) >= 11 is 6.29. The Morgan fingerprint density at radius 3 is 2.44 bits per heavy atom. The summed E-state index contributed by atoms with van der Waals surface area (Å²) in [6, 6.07) is 7.92. The molecule has 0 saturated carbocycles. The SMILES string of the molecule is CCNC(=NCC(=O)N(C)C)N1CCN(c2ccccc2Cl)CC1.I. The van der Waals surface area contributed by atoms with Crippen molar-refractivity contribution in [3.8, 4) is 0 Å². The average Bonchev–Trinajstić information content (AvgIpc) is 2.59. The number of likely N-dealkylation sites (N-methyl/N-ethyl adjacent to an activating group) is 1. The van der Waals surface area contributed by atoms with Gasteiger partial charge < -0.3 is 20.0 Å². The monoisotopic (exact) mass is 479 g/mol. The van der Waals surface area contributed by atoms with Crippen LogP contribution in [0.4, 0.5) is 5.69 Å². The number of amides is 1. The van der Waals surface area contributed by atoms with Crippen molar-refractivity contribution in [3.05, 3.63) is 29.3 Å². The number of anilines is 1. The number of hydrogen-bond donors (Lipinski definition) is 1. The zero-order valence-electron chi connectivity index (χ0n) is 15.0. The third-order valence-electron chi connectivity index (χ3n) is 3.97. The Bertz CT molecular complexity index is 588. The Kier molecular flexibility index (Phi) is 9.34. The molecular formula is C17H27ClIN5O. The topological polar surface area (TPSA) is 51.2 Å². The second-order valence-electron chi connectivity index (χ2n) is 5.88. The Morgan fingerprint density at radius 1 is 1.24 bits per heavy atom. The predicted octanol–water partition coefficient (Wildman–Crippen LogP) is 2.13. The van der Waals surface area contributed by atoms with Gasteiger partial charge in [0.2, 0.25) is 5.91 Å². The minimum Gasteiger partial charge on any atom is -0.367 e. The van der Waals surface area contributed by atoms with E-state index in [1.807, 2.05) is 31.2 Å². The van der Waals surface area contributed by atoms with Crippen LogP contribution in [0.15, 0.2) is 29.3 Å². The molecule has 140 valence electrons. The second-order valence-corrected chi connectivity index (χ2v) is 6.29. The van der Waals surface area contributed by atoms with E-state index in [-0.39, 0.29) is 36.4 Å². The molecule has 1 aromatic rings. The number of nitrogens with one attached hydrogen (secondary N) is 1. The molecule has 0 bridgehead atoms. The predicted molar refractivity (Wildman–Crippen MR) is 115 cm³/mol. The molecule has 1 N–H and O–H groups in total. The van der Waals surface area contributed by atoms with Crippen LogP contribution in [0.25, 0.3) is 0 Å². The Hall–Kier alpha value is -1.22. The fraction of sp³-hybridized carbons (Fsp3) is 0.529. The van der Waals surface area contributed by atoms with Gasteiger partial charge in [-0.15, -0.1) is 24.0 Å². The largest absolute Gasteiger partial charge is 0.367 e. The summed E-state index contributed by atoms with van der Waals surface area (Å²) in [5, 5.41) is 4.05. The lowest BCUT2D eigenvalue weighted by Crippen LogP contribution is -2.52. The van der Waals surface area contributed by atoms with Gasteiger partial charge in [-0.1, -0.05) is 23.7 Å². The van der Waals surface area contributed by atoms with Crippen LogP contribution in [0.3, 0.4) is 0 Å². The molecular weight excluding hydrogens is 453 g/mol. The molecule has 1 aromatic carbocycles. The molecule has 0 unspecified atom stereocenters. The maximum atomic E-state index is 11.8. The Balaban J connectivity index is 0.00000312. The number of halogens is 2. The number of guanidine groups is 1. The van der Waals surface area contributed by atoms with Crippen LogP contribution < -0.4 is 10.2 Å². The molecule has 1 fully saturated rings. The number of rotatable bonds is 4. The van der Waals surface area contributed by atoms with Gasteiger partial charge >= 0.3 is 0 Å². The molecule has 25 heavy (non-hydrogen) atoms. The summed E-state index contributed by atoms with van der Waals surface area (Å²) in [6.45, 7) is 6.40. The van der Waals surface area contributed by atoms with E-state index in [1.54, 1.807) is 19.0 Å². The van der Waals surface area contributed by atoms with Gasteiger partial charge in [-0.2, -0.15) is 0 Å². The van der Waals surface area contributed by atoms with Crippen molar-refractivity contribution in [2.24, 2.45) is 4.99 Å². The average molecular weight is 480 g/mol. The first-order chi connectivity index (χ1) is 11.5. The first-order valence-electron chi connectivity index (χ1n) is 8.25. The van der Waals surface area contributed by atoms with Crippen molar-refractivity contribution in [2.45, 2.75) is 6.92 Å². The molecule has 1 aliphatic heterocycles. The van der Waals surface area contributed by atoms with E-state index in [0.717, 1.165) is 49.4 Å². The normalized spacial score (nSPS) is 14.8. The van der Waals surface area contributed by atoms with Crippen LogP contribution in [0, 0.1) is 0 Å². The summed E-state index contributed by atoms with van der Waals surface area (Å²) in [5.74, 6) is 0.798. The van der Waals surface area contributed by atoms with Crippen LogP contribution in [-0.4, -0.2) is 75.0 Å². The number of nitrogens with zero attached hydrogens (tertiary/aromatic N) is 4. The van der Waals surface area contributed by atoms with E-state index in [4.69, 9.17) is 11.6 Å². The van der Waals surface area contributed by atoms with Gasteiger partial charge in [0.25, 0.3) is 0 Å². The summed E-state index contributed by atoms with van der Waals surface area (Å²) < 4.78 is 0. The minimum absolute atomic E-state index is 0. The number of aliphatic imine (C=N–C) groups is 1. The fourth-order valence-corrected chi connectivity index (χ4v) is 2.83. The zero-order chi connectivity index (χ0) is 17.5. The van der Waals surface area contributed by atoms with Crippen molar-refractivity contribution >= 4 is 53.1 Å². The molecule has 8 heteroatoms. The quantitative estimate of drug-likeness (QED) is 0.408. The lowest BCUT2D eigenvalue weighted by molar-refractivity contribution is -0.127. The van der Waals surface area contributed by atoms with Crippen LogP contribution in [0.2, 0.25) is 5.02 Å². The first-order valence-corrected chi connectivity index (χ1v) is 8.63. The summed E-state index contributed by atoms with van der Waals surface area (Å²) in [4.78, 5) is 22.3. The molecule has 1 saturated heterocycles. The van der Waals surface area contributed by atoms with Crippen LogP contribution in [0.5, 0.6) is 0 Å². The van der Waals surface area contributed by atoms with Crippen molar-refractivity contribution < 1.29 is 4.79 Å². The first kappa shape index (κ1) is 21.8. The number of carbonyl (C=O) groups is 1. The molecule has 1 amide bonds. The van der Waals surface area contributed by atoms with E-state index in [2.05, 4.69) is 20.1 Å². The highest BCUT2D eigenvalue weighted by Gasteiger charge is 2.21. The Morgan fingerprint density at radius 2 is 1.88 bits per heavy atom. The molecule has 2 rings (SSSR count). The summed E-state index contributed by atoms with van der Waals surface area (Å²) in [5.41, 5.74) is 1.07. The third kappa shape index (κ3) is 6.22. The van der Waals surface area contributed by atoms with E-state index in [0.29, 0.717) is 0 Å². The molecule has 0 atom stereocenters. The smallest absolute Gasteiger partial charge is 0.243 e. The van der Waals surface area contributed by atoms with Crippen LogP contribution in [-0.2, 0) is 4.79 Å². The molecule has 0 aliphatic carbocycles. The maximum absolute atomic E-state index is 11.8. The highest BCUT2D eigenvalue weighted by Crippen LogP contribution is 2.25. The van der Waals surface area contributed by atoms with Gasteiger partial charge in [-0.3, -0.25) is 4.79 Å². The standard InChI is InChI=1S/C17H26ClN5O.HI/c1-4-19-17(20-13-16(24)21(2)3)23-11-9-22(10-12-23)15-8-6-5-7-14(15)18;/h5-8H,4,9-13H2,1-3H3,(H,19,20);1H. The Labute approximate surface area is 172 Å². The number of hydrogen-bond acceptors (Lipinski definition) is 3. The van der Waals surface area contributed by atoms with Crippen molar-refractivity contribution in [3.63, 3.8) is 0 Å². The lowest BCUT2D eigenvalue weighted by Gasteiger charge is -2.38. The lowest BCUT2D eigenvalue weighted by atomic mass is 10.2. The fourth-order valence-electron chi connectivity index (χ4n) is 2.58. The zero-order valence-corrected chi connectivity index (χ0v) is 18.1. The number of para-hydroxylation sites is 1.